The van der Waals surface area contributed by atoms with Crippen LogP contribution >= 0.6 is 11.8 Å². The molecule has 1 amide bonds. The number of hydrogen-bond acceptors (Lipinski definition) is 5. The molecular weight excluding hydrogens is 286 g/mol. The summed E-state index contributed by atoms with van der Waals surface area (Å²) in [4.78, 5) is 35.1. The molecule has 0 aromatic rings. The molecule has 0 aromatic carbocycles. The molecule has 0 spiro atoms. The van der Waals surface area contributed by atoms with Crippen molar-refractivity contribution >= 4 is 29.6 Å². The zero-order valence-electron chi connectivity index (χ0n) is 10.5. The van der Waals surface area contributed by atoms with Gasteiger partial charge in [-0.15, -0.1) is 0 Å². The average molecular weight is 299 g/mol. The van der Waals surface area contributed by atoms with Crippen molar-refractivity contribution in [3.63, 3.8) is 0 Å². The summed E-state index contributed by atoms with van der Waals surface area (Å²) >= 11 is 0.974. The van der Waals surface area contributed by atoms with Gasteiger partial charge in [-0.3, -0.25) is 4.79 Å². The van der Waals surface area contributed by atoms with Crippen molar-refractivity contribution in [2.24, 2.45) is 5.92 Å². The van der Waals surface area contributed by atoms with Gasteiger partial charge in [0.15, 0.2) is 0 Å². The van der Waals surface area contributed by atoms with Gasteiger partial charge in [-0.05, 0) is 12.3 Å². The molecule has 8 heteroatoms. The number of nitrogens with zero attached hydrogens (tertiary/aromatic N) is 1. The molecule has 1 fully saturated rings. The summed E-state index contributed by atoms with van der Waals surface area (Å²) in [5, 5.41) is 28.5. The highest BCUT2D eigenvalue weighted by atomic mass is 32.2. The van der Waals surface area contributed by atoms with Gasteiger partial charge in [0.05, 0.1) is 18.1 Å². The van der Waals surface area contributed by atoms with Gasteiger partial charge in [0.25, 0.3) is 0 Å². The van der Waals surface area contributed by atoms with E-state index < -0.39 is 29.9 Å². The van der Waals surface area contributed by atoms with Crippen molar-refractivity contribution in [1.82, 2.24) is 4.90 Å². The third-order valence-electron chi connectivity index (χ3n) is 3.31. The predicted molar refractivity (Wildman–Crippen MR) is 69.5 cm³/mol. The lowest BCUT2D eigenvalue weighted by Crippen LogP contribution is -2.61. The van der Waals surface area contributed by atoms with Crippen molar-refractivity contribution in [2.75, 3.05) is 0 Å². The Kier molecular flexibility index (Phi) is 3.87. The molecule has 2 aliphatic rings. The number of amides is 1. The minimum absolute atomic E-state index is 0.114. The molecule has 3 atom stereocenters. The molecule has 0 aliphatic carbocycles. The van der Waals surface area contributed by atoms with Crippen LogP contribution in [0.2, 0.25) is 0 Å². The highest BCUT2D eigenvalue weighted by Crippen LogP contribution is 2.47. The molecule has 0 radical (unpaired) electrons. The van der Waals surface area contributed by atoms with Gasteiger partial charge in [-0.1, -0.05) is 11.8 Å². The molecule has 20 heavy (non-hydrogen) atoms. The molecule has 2 heterocycles. The summed E-state index contributed by atoms with van der Waals surface area (Å²) < 4.78 is 0. The molecule has 2 rings (SSSR count). The summed E-state index contributed by atoms with van der Waals surface area (Å²) in [7, 11) is 0. The number of aliphatic carboxylic acids is 2. The number of fused-ring (bicyclic) bond motifs is 1. The molecule has 1 saturated heterocycles. The highest BCUT2D eigenvalue weighted by Gasteiger charge is 2.56. The van der Waals surface area contributed by atoms with Crippen LogP contribution < -0.4 is 0 Å². The first-order valence-corrected chi connectivity index (χ1v) is 6.76. The zero-order chi connectivity index (χ0) is 15.0. The topological polar surface area (TPSA) is 115 Å². The number of thioether (sulfide) groups is 1. The summed E-state index contributed by atoms with van der Waals surface area (Å²) in [5.41, 5.74) is -0.114. The lowest BCUT2D eigenvalue weighted by Gasteiger charge is -2.44. The van der Waals surface area contributed by atoms with Crippen LogP contribution in [0.5, 0.6) is 0 Å². The van der Waals surface area contributed by atoms with Gasteiger partial charge in [0, 0.05) is 17.4 Å². The summed E-state index contributed by atoms with van der Waals surface area (Å²) in [6.45, 7) is 1.50. The first kappa shape index (κ1) is 14.6. The third-order valence-corrected chi connectivity index (χ3v) is 4.23. The Morgan fingerprint density at radius 3 is 2.60 bits per heavy atom. The zero-order valence-corrected chi connectivity index (χ0v) is 11.3. The van der Waals surface area contributed by atoms with Crippen LogP contribution in [0.15, 0.2) is 22.1 Å². The number of carbonyl (C=O) groups excluding carboxylic acids is 1. The van der Waals surface area contributed by atoms with Gasteiger partial charge >= 0.3 is 11.9 Å². The smallest absolute Gasteiger partial charge is 0.353 e. The first-order chi connectivity index (χ1) is 9.34. The van der Waals surface area contributed by atoms with Crippen molar-refractivity contribution < 1.29 is 29.7 Å². The number of aliphatic hydroxyl groups excluding tert-OH is 1. The van der Waals surface area contributed by atoms with E-state index in [9.17, 15) is 24.6 Å². The number of hydrogen-bond donors (Lipinski definition) is 3. The average Bonchev–Trinajstić information content (AvgIpc) is 2.63. The molecule has 0 saturated carbocycles. The summed E-state index contributed by atoms with van der Waals surface area (Å²) in [6.07, 6.45) is 0.385. The van der Waals surface area contributed by atoms with E-state index in [1.807, 2.05) is 0 Å². The Hall–Kier alpha value is -1.80. The molecular formula is C12H13NO6S. The Bertz CT molecular complexity index is 538. The van der Waals surface area contributed by atoms with Crippen LogP contribution in [-0.4, -0.2) is 50.2 Å². The maximum atomic E-state index is 11.9. The predicted octanol–water partition coefficient (Wildman–Crippen LogP) is 0.226. The van der Waals surface area contributed by atoms with Crippen LogP contribution in [0.1, 0.15) is 13.3 Å². The minimum Gasteiger partial charge on any atom is -0.478 e. The molecule has 7 nitrogen and oxygen atoms in total. The van der Waals surface area contributed by atoms with E-state index in [2.05, 4.69) is 0 Å². The fourth-order valence-electron chi connectivity index (χ4n) is 2.51. The van der Waals surface area contributed by atoms with Crippen LogP contribution in [-0.2, 0) is 14.4 Å². The number of β-lactam (4-membered cyclic amide) rings is 1. The van der Waals surface area contributed by atoms with E-state index in [1.165, 1.54) is 17.2 Å². The second-order valence-corrected chi connectivity index (χ2v) is 5.58. The van der Waals surface area contributed by atoms with Crippen LogP contribution in [0, 0.1) is 5.92 Å². The van der Waals surface area contributed by atoms with E-state index in [0.717, 1.165) is 17.8 Å². The van der Waals surface area contributed by atoms with E-state index in [1.54, 1.807) is 0 Å². The molecule has 108 valence electrons. The van der Waals surface area contributed by atoms with E-state index in [0.29, 0.717) is 11.3 Å². The van der Waals surface area contributed by atoms with Crippen LogP contribution in [0.25, 0.3) is 0 Å². The number of carbonyl (C=O) groups is 3. The molecule has 3 N–H and O–H groups in total. The molecule has 2 aliphatic heterocycles. The van der Waals surface area contributed by atoms with E-state index in [-0.39, 0.29) is 11.7 Å². The monoisotopic (exact) mass is 299 g/mol. The summed E-state index contributed by atoms with van der Waals surface area (Å²) in [6, 6.07) is -0.352. The Morgan fingerprint density at radius 1 is 1.45 bits per heavy atom. The molecule has 0 aromatic heterocycles. The minimum atomic E-state index is -1.23. The summed E-state index contributed by atoms with van der Waals surface area (Å²) in [5.74, 6) is -3.35. The molecule has 0 bridgehead atoms. The van der Waals surface area contributed by atoms with Crippen molar-refractivity contribution in [2.45, 2.75) is 25.5 Å². The van der Waals surface area contributed by atoms with Gasteiger partial charge in [0.1, 0.15) is 5.70 Å². The highest BCUT2D eigenvalue weighted by molar-refractivity contribution is 8.05. The van der Waals surface area contributed by atoms with Crippen molar-refractivity contribution in [3.8, 4) is 0 Å². The largest absolute Gasteiger partial charge is 0.478 e. The maximum absolute atomic E-state index is 11.9. The number of aliphatic hydroxyl groups is 1. The van der Waals surface area contributed by atoms with Gasteiger partial charge in [0.2, 0.25) is 5.91 Å². The normalized spacial score (nSPS) is 26.7. The fourth-order valence-corrected chi connectivity index (χ4v) is 3.42. The third kappa shape index (κ3) is 2.32. The Labute approximate surface area is 118 Å². The fraction of sp³-hybridized carbons (Fsp3) is 0.417. The van der Waals surface area contributed by atoms with Gasteiger partial charge in [-0.2, -0.15) is 0 Å². The lowest BCUT2D eigenvalue weighted by atomic mass is 9.83. The second-order valence-electron chi connectivity index (χ2n) is 4.58. The van der Waals surface area contributed by atoms with Crippen LogP contribution in [0.4, 0.5) is 0 Å². The van der Waals surface area contributed by atoms with E-state index >= 15 is 0 Å². The maximum Gasteiger partial charge on any atom is 0.353 e. The van der Waals surface area contributed by atoms with Gasteiger partial charge in [-0.25, -0.2) is 9.59 Å². The number of carboxylic acids is 2. The van der Waals surface area contributed by atoms with Crippen LogP contribution in [0.3, 0.4) is 0 Å². The quantitative estimate of drug-likeness (QED) is 0.491. The number of carboxylic acid groups (broad SMARTS) is 2. The Balaban J connectivity index is 2.21. The van der Waals surface area contributed by atoms with Crippen molar-refractivity contribution in [3.05, 3.63) is 22.1 Å². The van der Waals surface area contributed by atoms with Gasteiger partial charge < -0.3 is 20.2 Å². The first-order valence-electron chi connectivity index (χ1n) is 5.88. The molecule has 0 unspecified atom stereocenters. The van der Waals surface area contributed by atoms with Crippen molar-refractivity contribution in [1.29, 1.82) is 0 Å². The Morgan fingerprint density at radius 2 is 2.10 bits per heavy atom. The second kappa shape index (κ2) is 5.29. The SMILES string of the molecule is C[C@H](O)[C@@H]1C(=O)N2C(C(=O)O)=C(S/C=C\C(=O)O)C[C@H]12. The number of rotatable bonds is 5. The lowest BCUT2D eigenvalue weighted by molar-refractivity contribution is -0.161. The standard InChI is InChI=1S/C12H13NO6S/c1-5(14)9-6-4-7(20-3-2-8(15)16)10(12(18)19)13(6)11(9)17/h2-3,5-6,9,14H,4H2,1H3,(H,15,16)(H,18,19)/b3-2-/t5-,6+,9-/m0/s1. The van der Waals surface area contributed by atoms with E-state index in [4.69, 9.17) is 5.11 Å².